The summed E-state index contributed by atoms with van der Waals surface area (Å²) >= 11 is 1.63. The average molecular weight is 307 g/mol. The van der Waals surface area contributed by atoms with Crippen molar-refractivity contribution in [1.82, 2.24) is 19.9 Å². The minimum Gasteiger partial charge on any atom is -0.354 e. The number of nitrogens with one attached hydrogen (secondary N) is 2. The molecule has 0 aliphatic heterocycles. The van der Waals surface area contributed by atoms with Crippen molar-refractivity contribution in [3.8, 4) is 0 Å². The summed E-state index contributed by atoms with van der Waals surface area (Å²) in [5.74, 6) is 1.73. The number of hydrogen-bond donors (Lipinski definition) is 2. The highest BCUT2D eigenvalue weighted by molar-refractivity contribution is 7.09. The fourth-order valence-electron chi connectivity index (χ4n) is 1.69. The van der Waals surface area contributed by atoms with E-state index in [0.29, 0.717) is 17.8 Å². The second-order valence-electron chi connectivity index (χ2n) is 4.90. The summed E-state index contributed by atoms with van der Waals surface area (Å²) in [7, 11) is 3.81. The first-order valence-corrected chi connectivity index (χ1v) is 7.73. The monoisotopic (exact) mass is 307 g/mol. The van der Waals surface area contributed by atoms with Gasteiger partial charge in [0.05, 0.1) is 6.04 Å². The zero-order valence-corrected chi connectivity index (χ0v) is 13.8. The molecule has 0 fully saturated rings. The zero-order chi connectivity index (χ0) is 15.4. The molecular formula is C13H21N7S. The molecule has 2 aromatic rings. The summed E-state index contributed by atoms with van der Waals surface area (Å²) in [6, 6.07) is 0.0515. The summed E-state index contributed by atoms with van der Waals surface area (Å²) in [4.78, 5) is 19.5. The smallest absolute Gasteiger partial charge is 0.231 e. The molecular weight excluding hydrogens is 286 g/mol. The molecule has 0 saturated carbocycles. The molecule has 2 N–H and O–H groups in total. The van der Waals surface area contributed by atoms with Gasteiger partial charge in [0, 0.05) is 31.7 Å². The normalized spacial score (nSPS) is 12.0. The molecule has 1 atom stereocenters. The lowest BCUT2D eigenvalue weighted by atomic mass is 10.3. The number of thiazole rings is 1. The minimum atomic E-state index is 0.0515. The maximum absolute atomic E-state index is 4.48. The third-order valence-electron chi connectivity index (χ3n) is 2.71. The molecule has 1 unspecified atom stereocenters. The highest BCUT2D eigenvalue weighted by Crippen LogP contribution is 2.21. The number of nitrogens with zero attached hydrogens (tertiary/aromatic N) is 5. The lowest BCUT2D eigenvalue weighted by Gasteiger charge is -2.16. The predicted molar refractivity (Wildman–Crippen MR) is 87.2 cm³/mol. The molecule has 8 heteroatoms. The minimum absolute atomic E-state index is 0.0515. The Morgan fingerprint density at radius 3 is 2.48 bits per heavy atom. The van der Waals surface area contributed by atoms with Crippen LogP contribution in [0.3, 0.4) is 0 Å². The molecule has 0 spiro atoms. The van der Waals surface area contributed by atoms with Gasteiger partial charge in [0.2, 0.25) is 17.8 Å². The lowest BCUT2D eigenvalue weighted by Crippen LogP contribution is -2.18. The first kappa shape index (κ1) is 15.4. The SMILES string of the molecule is CCNc1nc(NC(C)c2nc(C)cs2)nc(N(C)C)n1. The summed E-state index contributed by atoms with van der Waals surface area (Å²) in [6.45, 7) is 6.80. The van der Waals surface area contributed by atoms with Crippen molar-refractivity contribution in [3.63, 3.8) is 0 Å². The van der Waals surface area contributed by atoms with Crippen LogP contribution < -0.4 is 15.5 Å². The van der Waals surface area contributed by atoms with E-state index in [1.807, 2.05) is 45.1 Å². The van der Waals surface area contributed by atoms with Gasteiger partial charge in [-0.1, -0.05) is 0 Å². The Balaban J connectivity index is 2.21. The van der Waals surface area contributed by atoms with E-state index in [4.69, 9.17) is 0 Å². The standard InChI is InChI=1S/C13H21N7S/c1-6-14-11-17-12(19-13(18-11)20(4)5)16-9(3)10-15-8(2)7-21-10/h7,9H,6H2,1-5H3,(H2,14,16,17,18,19). The summed E-state index contributed by atoms with van der Waals surface area (Å²) in [5, 5.41) is 9.46. The second kappa shape index (κ2) is 6.66. The van der Waals surface area contributed by atoms with E-state index in [2.05, 4.69) is 30.6 Å². The molecule has 0 aromatic carbocycles. The fourth-order valence-corrected chi connectivity index (χ4v) is 2.50. The predicted octanol–water partition coefficient (Wildman–Crippen LogP) is 2.31. The molecule has 0 aliphatic rings. The van der Waals surface area contributed by atoms with Gasteiger partial charge in [-0.3, -0.25) is 0 Å². The van der Waals surface area contributed by atoms with Crippen LogP contribution in [0.25, 0.3) is 0 Å². The number of aryl methyl sites for hydroxylation is 1. The molecule has 2 rings (SSSR count). The van der Waals surface area contributed by atoms with Gasteiger partial charge >= 0.3 is 0 Å². The third kappa shape index (κ3) is 4.01. The number of rotatable bonds is 6. The maximum Gasteiger partial charge on any atom is 0.231 e. The van der Waals surface area contributed by atoms with Gasteiger partial charge in [-0.25, -0.2) is 4.98 Å². The van der Waals surface area contributed by atoms with Crippen molar-refractivity contribution in [2.24, 2.45) is 0 Å². The Morgan fingerprint density at radius 2 is 1.90 bits per heavy atom. The van der Waals surface area contributed by atoms with Crippen LogP contribution in [0.1, 0.15) is 30.6 Å². The van der Waals surface area contributed by atoms with Crippen molar-refractivity contribution in [3.05, 3.63) is 16.1 Å². The van der Waals surface area contributed by atoms with E-state index in [9.17, 15) is 0 Å². The molecule has 7 nitrogen and oxygen atoms in total. The Kier molecular flexibility index (Phi) is 4.89. The van der Waals surface area contributed by atoms with Gasteiger partial charge in [-0.2, -0.15) is 15.0 Å². The number of anilines is 3. The highest BCUT2D eigenvalue weighted by Gasteiger charge is 2.13. The third-order valence-corrected chi connectivity index (χ3v) is 3.86. The Labute approximate surface area is 128 Å². The molecule has 0 aliphatic carbocycles. The molecule has 2 heterocycles. The van der Waals surface area contributed by atoms with Crippen LogP contribution in [0.15, 0.2) is 5.38 Å². The van der Waals surface area contributed by atoms with Crippen molar-refractivity contribution in [2.75, 3.05) is 36.2 Å². The van der Waals surface area contributed by atoms with E-state index in [1.54, 1.807) is 11.3 Å². The molecule has 0 bridgehead atoms. The van der Waals surface area contributed by atoms with Crippen LogP contribution in [0.2, 0.25) is 0 Å². The topological polar surface area (TPSA) is 78.9 Å². The summed E-state index contributed by atoms with van der Waals surface area (Å²) in [5.41, 5.74) is 1.03. The summed E-state index contributed by atoms with van der Waals surface area (Å²) in [6.07, 6.45) is 0. The average Bonchev–Trinajstić information content (AvgIpc) is 2.85. The molecule has 21 heavy (non-hydrogen) atoms. The van der Waals surface area contributed by atoms with Gasteiger partial charge in [-0.05, 0) is 20.8 Å². The highest BCUT2D eigenvalue weighted by atomic mass is 32.1. The van der Waals surface area contributed by atoms with E-state index in [1.165, 1.54) is 0 Å². The molecule has 0 saturated heterocycles. The van der Waals surface area contributed by atoms with E-state index in [0.717, 1.165) is 17.2 Å². The Morgan fingerprint density at radius 1 is 1.19 bits per heavy atom. The van der Waals surface area contributed by atoms with Gasteiger partial charge in [0.1, 0.15) is 5.01 Å². The van der Waals surface area contributed by atoms with Crippen molar-refractivity contribution in [2.45, 2.75) is 26.8 Å². The van der Waals surface area contributed by atoms with Gasteiger partial charge in [-0.15, -0.1) is 11.3 Å². The van der Waals surface area contributed by atoms with Crippen LogP contribution in [0.4, 0.5) is 17.8 Å². The Bertz CT molecular complexity index is 596. The van der Waals surface area contributed by atoms with E-state index >= 15 is 0 Å². The van der Waals surface area contributed by atoms with Gasteiger partial charge in [0.25, 0.3) is 0 Å². The van der Waals surface area contributed by atoms with Gasteiger partial charge in [0.15, 0.2) is 0 Å². The quantitative estimate of drug-likeness (QED) is 0.847. The number of aromatic nitrogens is 4. The maximum atomic E-state index is 4.48. The summed E-state index contributed by atoms with van der Waals surface area (Å²) < 4.78 is 0. The van der Waals surface area contributed by atoms with Crippen molar-refractivity contribution >= 4 is 29.2 Å². The van der Waals surface area contributed by atoms with Crippen LogP contribution >= 0.6 is 11.3 Å². The number of hydrogen-bond acceptors (Lipinski definition) is 8. The van der Waals surface area contributed by atoms with Crippen LogP contribution in [0.5, 0.6) is 0 Å². The van der Waals surface area contributed by atoms with Crippen LogP contribution in [-0.2, 0) is 0 Å². The fraction of sp³-hybridized carbons (Fsp3) is 0.538. The van der Waals surface area contributed by atoms with Crippen LogP contribution in [-0.4, -0.2) is 40.6 Å². The molecule has 0 amide bonds. The first-order chi connectivity index (χ1) is 9.99. The lowest BCUT2D eigenvalue weighted by molar-refractivity contribution is 0.833. The zero-order valence-electron chi connectivity index (χ0n) is 13.0. The van der Waals surface area contributed by atoms with E-state index in [-0.39, 0.29) is 6.04 Å². The van der Waals surface area contributed by atoms with E-state index < -0.39 is 0 Å². The largest absolute Gasteiger partial charge is 0.354 e. The molecule has 2 aromatic heterocycles. The first-order valence-electron chi connectivity index (χ1n) is 6.85. The molecule has 0 radical (unpaired) electrons. The Hall–Kier alpha value is -1.96. The van der Waals surface area contributed by atoms with Crippen LogP contribution in [0, 0.1) is 6.92 Å². The van der Waals surface area contributed by atoms with Crippen molar-refractivity contribution < 1.29 is 0 Å². The van der Waals surface area contributed by atoms with Crippen molar-refractivity contribution in [1.29, 1.82) is 0 Å². The van der Waals surface area contributed by atoms with Gasteiger partial charge < -0.3 is 15.5 Å². The second-order valence-corrected chi connectivity index (χ2v) is 5.79. The molecule has 114 valence electrons.